The topological polar surface area (TPSA) is 58.4 Å². The lowest BCUT2D eigenvalue weighted by molar-refractivity contribution is 0.251. The zero-order valence-corrected chi connectivity index (χ0v) is 10.4. The third kappa shape index (κ3) is 3.18. The number of halogens is 2. The lowest BCUT2D eigenvalue weighted by Gasteiger charge is -2.21. The molecule has 0 aliphatic carbocycles. The monoisotopic (exact) mass is 289 g/mol. The fourth-order valence-electron chi connectivity index (χ4n) is 1.17. The van der Waals surface area contributed by atoms with Crippen LogP contribution in [-0.2, 0) is 0 Å². The summed E-state index contributed by atoms with van der Waals surface area (Å²) in [4.78, 5) is 11.2. The van der Waals surface area contributed by atoms with Crippen LogP contribution in [0.2, 0.25) is 0 Å². The number of hydrazine groups is 1. The van der Waals surface area contributed by atoms with Gasteiger partial charge in [-0.2, -0.15) is 0 Å². The fraction of sp³-hybridized carbons (Fsp3) is 0.300. The van der Waals surface area contributed by atoms with Crippen molar-refractivity contribution >= 4 is 27.6 Å². The van der Waals surface area contributed by atoms with E-state index < -0.39 is 11.8 Å². The van der Waals surface area contributed by atoms with E-state index in [2.05, 4.69) is 21.4 Å². The predicted molar refractivity (Wildman–Crippen MR) is 64.5 cm³/mol. The van der Waals surface area contributed by atoms with Crippen molar-refractivity contribution in [3.63, 3.8) is 0 Å². The molecule has 0 fully saturated rings. The van der Waals surface area contributed by atoms with E-state index in [1.54, 1.807) is 6.07 Å². The first kappa shape index (κ1) is 12.9. The Morgan fingerprint density at radius 1 is 1.62 bits per heavy atom. The molecule has 0 bridgehead atoms. The maximum absolute atomic E-state index is 13.6. The lowest BCUT2D eigenvalue weighted by atomic mass is 10.3. The standard InChI is InChI=1S/C10H13BrFN3O/c1-2-5-14-15(10(13)16)9-4-3-7(11)6-8(9)12/h3-4,6,14H,2,5H2,1H3,(H2,13,16). The number of primary amides is 1. The van der Waals surface area contributed by atoms with E-state index in [4.69, 9.17) is 5.73 Å². The van der Waals surface area contributed by atoms with Crippen LogP contribution in [0.4, 0.5) is 14.9 Å². The van der Waals surface area contributed by atoms with Crippen LogP contribution in [0.15, 0.2) is 22.7 Å². The molecule has 0 heterocycles. The summed E-state index contributed by atoms with van der Waals surface area (Å²) in [5, 5.41) is 1.01. The number of amides is 2. The number of nitrogens with one attached hydrogen (secondary N) is 1. The molecule has 0 aliphatic rings. The summed E-state index contributed by atoms with van der Waals surface area (Å²) in [6.45, 7) is 2.47. The van der Waals surface area contributed by atoms with Crippen molar-refractivity contribution in [2.75, 3.05) is 11.6 Å². The van der Waals surface area contributed by atoms with Crippen molar-refractivity contribution < 1.29 is 9.18 Å². The van der Waals surface area contributed by atoms with E-state index in [1.807, 2.05) is 6.92 Å². The van der Waals surface area contributed by atoms with Gasteiger partial charge in [0.2, 0.25) is 0 Å². The smallest absolute Gasteiger partial charge is 0.333 e. The molecular weight excluding hydrogens is 277 g/mol. The van der Waals surface area contributed by atoms with Gasteiger partial charge in [0.05, 0.1) is 5.69 Å². The molecule has 1 aromatic rings. The third-order valence-electron chi connectivity index (χ3n) is 1.89. The zero-order chi connectivity index (χ0) is 12.1. The average molecular weight is 290 g/mol. The molecule has 0 aliphatic heterocycles. The second kappa shape index (κ2) is 5.81. The summed E-state index contributed by atoms with van der Waals surface area (Å²) in [7, 11) is 0. The second-order valence-corrected chi connectivity index (χ2v) is 4.09. The molecule has 0 unspecified atom stereocenters. The second-order valence-electron chi connectivity index (χ2n) is 3.18. The number of carbonyl (C=O) groups is 1. The molecule has 1 rings (SSSR count). The molecule has 1 aromatic carbocycles. The molecule has 0 atom stereocenters. The number of rotatable bonds is 4. The number of carbonyl (C=O) groups excluding carboxylic acids is 1. The van der Waals surface area contributed by atoms with Gasteiger partial charge in [0, 0.05) is 11.0 Å². The van der Waals surface area contributed by atoms with Gasteiger partial charge in [0.1, 0.15) is 5.82 Å². The summed E-state index contributed by atoms with van der Waals surface area (Å²) < 4.78 is 14.2. The maximum Gasteiger partial charge on any atom is 0.333 e. The van der Waals surface area contributed by atoms with Gasteiger partial charge < -0.3 is 5.73 Å². The van der Waals surface area contributed by atoms with Crippen molar-refractivity contribution in [2.45, 2.75) is 13.3 Å². The van der Waals surface area contributed by atoms with Gasteiger partial charge in [-0.15, -0.1) is 0 Å². The van der Waals surface area contributed by atoms with E-state index in [9.17, 15) is 9.18 Å². The lowest BCUT2D eigenvalue weighted by Crippen LogP contribution is -2.47. The fourth-order valence-corrected chi connectivity index (χ4v) is 1.50. The number of nitrogens with two attached hydrogens (primary N) is 1. The molecule has 88 valence electrons. The summed E-state index contributed by atoms with van der Waals surface area (Å²) >= 11 is 3.14. The highest BCUT2D eigenvalue weighted by Crippen LogP contribution is 2.21. The van der Waals surface area contributed by atoms with E-state index in [0.717, 1.165) is 11.4 Å². The quantitative estimate of drug-likeness (QED) is 0.836. The zero-order valence-electron chi connectivity index (χ0n) is 8.84. The number of urea groups is 1. The van der Waals surface area contributed by atoms with Crippen LogP contribution in [0.5, 0.6) is 0 Å². The summed E-state index contributed by atoms with van der Waals surface area (Å²) in [5.74, 6) is -0.517. The highest BCUT2D eigenvalue weighted by atomic mass is 79.9. The largest absolute Gasteiger partial charge is 0.350 e. The van der Waals surface area contributed by atoms with Gasteiger partial charge in [-0.05, 0) is 24.6 Å². The minimum atomic E-state index is -0.741. The molecule has 6 heteroatoms. The number of benzene rings is 1. The van der Waals surface area contributed by atoms with Crippen LogP contribution in [0.25, 0.3) is 0 Å². The highest BCUT2D eigenvalue weighted by Gasteiger charge is 2.15. The Kier molecular flexibility index (Phi) is 4.70. The predicted octanol–water partition coefficient (Wildman–Crippen LogP) is 2.39. The summed E-state index contributed by atoms with van der Waals surface area (Å²) in [6.07, 6.45) is 0.807. The van der Waals surface area contributed by atoms with Crippen LogP contribution >= 0.6 is 15.9 Å². The van der Waals surface area contributed by atoms with Crippen molar-refractivity contribution in [1.82, 2.24) is 5.43 Å². The summed E-state index contributed by atoms with van der Waals surface area (Å²) in [5.41, 5.74) is 8.03. The van der Waals surface area contributed by atoms with E-state index >= 15 is 0 Å². The molecule has 0 radical (unpaired) electrons. The number of nitrogens with zero attached hydrogens (tertiary/aromatic N) is 1. The van der Waals surface area contributed by atoms with Crippen molar-refractivity contribution in [3.8, 4) is 0 Å². The van der Waals surface area contributed by atoms with Gasteiger partial charge in [0.25, 0.3) is 0 Å². The van der Waals surface area contributed by atoms with Crippen LogP contribution in [0.3, 0.4) is 0 Å². The Morgan fingerprint density at radius 3 is 2.81 bits per heavy atom. The molecule has 0 saturated heterocycles. The normalized spacial score (nSPS) is 10.2. The minimum Gasteiger partial charge on any atom is -0.350 e. The first-order chi connectivity index (χ1) is 7.56. The Morgan fingerprint density at radius 2 is 2.31 bits per heavy atom. The molecule has 2 amide bonds. The molecule has 16 heavy (non-hydrogen) atoms. The van der Waals surface area contributed by atoms with Crippen LogP contribution in [-0.4, -0.2) is 12.6 Å². The van der Waals surface area contributed by atoms with Gasteiger partial charge in [-0.1, -0.05) is 22.9 Å². The Hall–Kier alpha value is -1.14. The molecule has 4 nitrogen and oxygen atoms in total. The average Bonchev–Trinajstić information content (AvgIpc) is 2.20. The van der Waals surface area contributed by atoms with E-state index in [0.29, 0.717) is 11.0 Å². The Bertz CT molecular complexity index is 386. The number of hydrogen-bond acceptors (Lipinski definition) is 2. The van der Waals surface area contributed by atoms with E-state index in [-0.39, 0.29) is 5.69 Å². The van der Waals surface area contributed by atoms with Crippen LogP contribution in [0.1, 0.15) is 13.3 Å². The van der Waals surface area contributed by atoms with E-state index in [1.165, 1.54) is 12.1 Å². The molecular formula is C10H13BrFN3O. The summed E-state index contributed by atoms with van der Waals surface area (Å²) in [6, 6.07) is 3.66. The molecule has 0 spiro atoms. The van der Waals surface area contributed by atoms with Gasteiger partial charge in [0.15, 0.2) is 0 Å². The first-order valence-corrected chi connectivity index (χ1v) is 5.63. The Labute approximate surface area is 102 Å². The third-order valence-corrected chi connectivity index (χ3v) is 2.38. The van der Waals surface area contributed by atoms with Crippen LogP contribution < -0.4 is 16.2 Å². The molecule has 3 N–H and O–H groups in total. The van der Waals surface area contributed by atoms with Gasteiger partial charge in [-0.25, -0.2) is 19.6 Å². The van der Waals surface area contributed by atoms with Crippen molar-refractivity contribution in [2.24, 2.45) is 5.73 Å². The first-order valence-electron chi connectivity index (χ1n) is 4.84. The SMILES string of the molecule is CCCNN(C(N)=O)c1ccc(Br)cc1F. The molecule has 0 aromatic heterocycles. The number of anilines is 1. The highest BCUT2D eigenvalue weighted by molar-refractivity contribution is 9.10. The Balaban J connectivity index is 2.96. The number of hydrogen-bond donors (Lipinski definition) is 2. The minimum absolute atomic E-state index is 0.115. The molecule has 0 saturated carbocycles. The van der Waals surface area contributed by atoms with Gasteiger partial charge >= 0.3 is 6.03 Å². The van der Waals surface area contributed by atoms with Crippen molar-refractivity contribution in [3.05, 3.63) is 28.5 Å². The maximum atomic E-state index is 13.6. The van der Waals surface area contributed by atoms with Crippen LogP contribution in [0, 0.1) is 5.82 Å². The van der Waals surface area contributed by atoms with Gasteiger partial charge in [-0.3, -0.25) is 0 Å². The van der Waals surface area contributed by atoms with Crippen molar-refractivity contribution in [1.29, 1.82) is 0 Å².